The second-order valence-electron chi connectivity index (χ2n) is 5.94. The third-order valence-corrected chi connectivity index (χ3v) is 4.62. The zero-order valence-corrected chi connectivity index (χ0v) is 15.9. The van der Waals surface area contributed by atoms with Crippen LogP contribution in [-0.4, -0.2) is 49.3 Å². The van der Waals surface area contributed by atoms with Gasteiger partial charge in [-0.25, -0.2) is 4.79 Å². The highest BCUT2D eigenvalue weighted by atomic mass is 32.1. The Bertz CT molecular complexity index is 829. The van der Waals surface area contributed by atoms with Crippen molar-refractivity contribution in [3.63, 3.8) is 0 Å². The van der Waals surface area contributed by atoms with Gasteiger partial charge in [-0.05, 0) is 29.8 Å². The fraction of sp³-hybridized carbons (Fsp3) is 0.238. The molecule has 0 saturated carbocycles. The zero-order valence-electron chi connectivity index (χ0n) is 15.1. The van der Waals surface area contributed by atoms with Crippen LogP contribution in [0.1, 0.15) is 11.1 Å². The highest BCUT2D eigenvalue weighted by molar-refractivity contribution is 7.80. The van der Waals surface area contributed by atoms with Crippen LogP contribution in [0.5, 0.6) is 11.5 Å². The molecule has 0 unspecified atom stereocenters. The number of hydrogen-bond acceptors (Lipinski definition) is 5. The highest BCUT2D eigenvalue weighted by Crippen LogP contribution is 2.29. The molecule has 0 spiro atoms. The molecule has 5 nitrogen and oxygen atoms in total. The van der Waals surface area contributed by atoms with Crippen molar-refractivity contribution in [2.75, 3.05) is 33.4 Å². The first-order valence-electron chi connectivity index (χ1n) is 8.67. The van der Waals surface area contributed by atoms with E-state index in [0.29, 0.717) is 24.7 Å². The predicted molar refractivity (Wildman–Crippen MR) is 108 cm³/mol. The first kappa shape index (κ1) is 19.1. The minimum atomic E-state index is -0.472. The molecule has 140 valence electrons. The highest BCUT2D eigenvalue weighted by Gasteiger charge is 2.17. The van der Waals surface area contributed by atoms with Crippen molar-refractivity contribution < 1.29 is 19.0 Å². The number of morpholine rings is 1. The normalized spacial score (nSPS) is 14.2. The first-order valence-corrected chi connectivity index (χ1v) is 9.08. The molecule has 2 aromatic rings. The summed E-state index contributed by atoms with van der Waals surface area (Å²) in [5.41, 5.74) is 1.77. The molecule has 1 fully saturated rings. The van der Waals surface area contributed by atoms with Gasteiger partial charge in [0.05, 0.1) is 20.3 Å². The Morgan fingerprint density at radius 3 is 2.56 bits per heavy atom. The van der Waals surface area contributed by atoms with Gasteiger partial charge in [0.2, 0.25) is 0 Å². The van der Waals surface area contributed by atoms with Gasteiger partial charge in [-0.1, -0.05) is 42.5 Å². The van der Waals surface area contributed by atoms with Gasteiger partial charge in [-0.2, -0.15) is 0 Å². The largest absolute Gasteiger partial charge is 0.493 e. The minimum absolute atomic E-state index is 0.355. The van der Waals surface area contributed by atoms with Gasteiger partial charge in [-0.3, -0.25) is 0 Å². The second kappa shape index (κ2) is 9.30. The van der Waals surface area contributed by atoms with Crippen molar-refractivity contribution in [1.82, 2.24) is 4.90 Å². The van der Waals surface area contributed by atoms with E-state index in [4.69, 9.17) is 26.4 Å². The molecule has 0 atom stereocenters. The molecule has 27 heavy (non-hydrogen) atoms. The van der Waals surface area contributed by atoms with Gasteiger partial charge < -0.3 is 19.1 Å². The van der Waals surface area contributed by atoms with E-state index >= 15 is 0 Å². The van der Waals surface area contributed by atoms with Crippen LogP contribution in [0.25, 0.3) is 6.08 Å². The Morgan fingerprint density at radius 2 is 1.85 bits per heavy atom. The monoisotopic (exact) mass is 383 g/mol. The van der Waals surface area contributed by atoms with Gasteiger partial charge in [0.15, 0.2) is 11.5 Å². The summed E-state index contributed by atoms with van der Waals surface area (Å²) >= 11 is 5.57. The van der Waals surface area contributed by atoms with E-state index in [1.165, 1.54) is 13.2 Å². The number of carbonyl (C=O) groups is 1. The second-order valence-corrected chi connectivity index (χ2v) is 6.32. The summed E-state index contributed by atoms with van der Waals surface area (Å²) in [6.45, 7) is 2.87. The van der Waals surface area contributed by atoms with Crippen LogP contribution in [0.2, 0.25) is 0 Å². The molecule has 3 rings (SSSR count). The number of ether oxygens (including phenoxy) is 3. The summed E-state index contributed by atoms with van der Waals surface area (Å²) in [5.74, 6) is 0.346. The fourth-order valence-electron chi connectivity index (χ4n) is 2.70. The molecule has 1 saturated heterocycles. The molecule has 1 aliphatic rings. The number of methoxy groups -OCH3 is 1. The van der Waals surface area contributed by atoms with Gasteiger partial charge in [0, 0.05) is 24.7 Å². The Hall–Kier alpha value is -2.70. The van der Waals surface area contributed by atoms with Crippen LogP contribution in [0, 0.1) is 0 Å². The lowest BCUT2D eigenvalue weighted by Gasteiger charge is -2.29. The third-order valence-electron chi connectivity index (χ3n) is 4.13. The SMILES string of the molecule is COc1cc(C(=S)N2CCOCC2)ccc1OC(=O)C=Cc1ccccc1. The number of hydrogen-bond donors (Lipinski definition) is 0. The lowest BCUT2D eigenvalue weighted by atomic mass is 10.1. The van der Waals surface area contributed by atoms with Crippen LogP contribution in [0.3, 0.4) is 0 Å². The first-order chi connectivity index (χ1) is 13.2. The van der Waals surface area contributed by atoms with Crippen molar-refractivity contribution in [3.8, 4) is 11.5 Å². The summed E-state index contributed by atoms with van der Waals surface area (Å²) in [7, 11) is 1.54. The lowest BCUT2D eigenvalue weighted by Crippen LogP contribution is -2.40. The summed E-state index contributed by atoms with van der Waals surface area (Å²) in [6, 6.07) is 14.9. The molecule has 0 bridgehead atoms. The summed E-state index contributed by atoms with van der Waals surface area (Å²) in [5, 5.41) is 0. The molecule has 0 radical (unpaired) electrons. The van der Waals surface area contributed by atoms with Gasteiger partial charge in [0.25, 0.3) is 0 Å². The van der Waals surface area contributed by atoms with Crippen molar-refractivity contribution in [3.05, 3.63) is 65.7 Å². The quantitative estimate of drug-likeness (QED) is 0.342. The summed E-state index contributed by atoms with van der Waals surface area (Å²) in [4.78, 5) is 14.9. The van der Waals surface area contributed by atoms with E-state index in [-0.39, 0.29) is 0 Å². The molecular weight excluding hydrogens is 362 g/mol. The maximum absolute atomic E-state index is 12.1. The van der Waals surface area contributed by atoms with Crippen LogP contribution < -0.4 is 9.47 Å². The molecule has 6 heteroatoms. The molecular formula is C21H21NO4S. The molecule has 2 aromatic carbocycles. The minimum Gasteiger partial charge on any atom is -0.493 e. The number of nitrogens with zero attached hydrogens (tertiary/aromatic N) is 1. The molecule has 1 aliphatic heterocycles. The Labute approximate surface area is 164 Å². The lowest BCUT2D eigenvalue weighted by molar-refractivity contribution is -0.129. The Balaban J connectivity index is 1.69. The smallest absolute Gasteiger partial charge is 0.336 e. The molecule has 0 amide bonds. The Kier molecular flexibility index (Phi) is 6.57. The van der Waals surface area contributed by atoms with Gasteiger partial charge >= 0.3 is 5.97 Å². The molecule has 0 aromatic heterocycles. The molecule has 0 aliphatic carbocycles. The average Bonchev–Trinajstić information content (AvgIpc) is 2.73. The van der Waals surface area contributed by atoms with E-state index in [2.05, 4.69) is 4.90 Å². The van der Waals surface area contributed by atoms with E-state index in [1.54, 1.807) is 18.2 Å². The number of thiocarbonyl (C=S) groups is 1. The maximum atomic E-state index is 12.1. The van der Waals surface area contributed by atoms with E-state index in [1.807, 2.05) is 36.4 Å². The number of benzene rings is 2. The average molecular weight is 383 g/mol. The van der Waals surface area contributed by atoms with Crippen molar-refractivity contribution in [2.24, 2.45) is 0 Å². The number of esters is 1. The predicted octanol–water partition coefficient (Wildman–Crippen LogP) is 3.32. The summed E-state index contributed by atoms with van der Waals surface area (Å²) < 4.78 is 16.2. The van der Waals surface area contributed by atoms with Crippen LogP contribution in [0.4, 0.5) is 0 Å². The number of rotatable bonds is 5. The van der Waals surface area contributed by atoms with Crippen LogP contribution in [-0.2, 0) is 9.53 Å². The fourth-order valence-corrected chi connectivity index (χ4v) is 3.01. The van der Waals surface area contributed by atoms with E-state index in [0.717, 1.165) is 29.2 Å². The standard InChI is InChI=1S/C21H21NO4S/c1-24-19-15-17(21(27)22-11-13-25-14-12-22)8-9-18(19)26-20(23)10-7-16-5-3-2-4-6-16/h2-10,15H,11-14H2,1H3. The van der Waals surface area contributed by atoms with Gasteiger partial charge in [0.1, 0.15) is 4.99 Å². The zero-order chi connectivity index (χ0) is 19.1. The van der Waals surface area contributed by atoms with Crippen molar-refractivity contribution in [2.45, 2.75) is 0 Å². The van der Waals surface area contributed by atoms with Crippen LogP contribution in [0.15, 0.2) is 54.6 Å². The van der Waals surface area contributed by atoms with Crippen molar-refractivity contribution in [1.29, 1.82) is 0 Å². The molecule has 0 N–H and O–H groups in total. The third kappa shape index (κ3) is 5.15. The topological polar surface area (TPSA) is 48.0 Å². The number of carbonyl (C=O) groups excluding carboxylic acids is 1. The summed E-state index contributed by atoms with van der Waals surface area (Å²) in [6.07, 6.45) is 3.10. The van der Waals surface area contributed by atoms with E-state index < -0.39 is 5.97 Å². The molecule has 1 heterocycles. The van der Waals surface area contributed by atoms with Crippen molar-refractivity contribution >= 4 is 29.3 Å². The van der Waals surface area contributed by atoms with Crippen LogP contribution >= 0.6 is 12.2 Å². The van der Waals surface area contributed by atoms with E-state index in [9.17, 15) is 4.79 Å². The Morgan fingerprint density at radius 1 is 1.11 bits per heavy atom. The maximum Gasteiger partial charge on any atom is 0.336 e. The van der Waals surface area contributed by atoms with Gasteiger partial charge in [-0.15, -0.1) is 0 Å².